The number of rotatable bonds is 35. The van der Waals surface area contributed by atoms with E-state index >= 15 is 0 Å². The number of carboxylic acids is 1. The Balaban J connectivity index is 4.00. The third-order valence-corrected chi connectivity index (χ3v) is 8.91. The van der Waals surface area contributed by atoms with Gasteiger partial charge >= 0.3 is 19.8 Å². The van der Waals surface area contributed by atoms with E-state index in [9.17, 15) is 34.1 Å². The Hall–Kier alpha value is -2.04. The molecule has 0 aliphatic heterocycles. The SMILES string of the molecule is CCCC/C=C\CCCCCCCC(=O)OCC(O)COP(=O)(O)OCC(NC(=O)CCCCCCC/C=C\CCCCCCC)C(=O)O. The first-order valence-electron chi connectivity index (χ1n) is 18.9. The van der Waals surface area contributed by atoms with Crippen molar-refractivity contribution in [1.82, 2.24) is 5.32 Å². The fourth-order valence-electron chi connectivity index (χ4n) is 4.94. The second-order valence-corrected chi connectivity index (χ2v) is 14.2. The number of esters is 1. The molecule has 1 amide bonds. The van der Waals surface area contributed by atoms with Gasteiger partial charge in [-0.05, 0) is 57.8 Å². The van der Waals surface area contributed by atoms with E-state index in [1.165, 1.54) is 44.9 Å². The van der Waals surface area contributed by atoms with Crippen LogP contribution in [0.2, 0.25) is 0 Å². The van der Waals surface area contributed by atoms with Crippen LogP contribution in [0.3, 0.4) is 0 Å². The largest absolute Gasteiger partial charge is 0.480 e. The molecule has 0 bridgehead atoms. The smallest absolute Gasteiger partial charge is 0.472 e. The van der Waals surface area contributed by atoms with Crippen LogP contribution in [0, 0.1) is 0 Å². The van der Waals surface area contributed by atoms with E-state index in [-0.39, 0.29) is 12.8 Å². The molecule has 286 valence electrons. The van der Waals surface area contributed by atoms with Crippen molar-refractivity contribution < 1.29 is 47.8 Å². The van der Waals surface area contributed by atoms with Crippen molar-refractivity contribution >= 4 is 25.7 Å². The molecule has 4 N–H and O–H groups in total. The van der Waals surface area contributed by atoms with Gasteiger partial charge in [-0.2, -0.15) is 0 Å². The summed E-state index contributed by atoms with van der Waals surface area (Å²) in [6, 6.07) is -1.55. The van der Waals surface area contributed by atoms with Crippen molar-refractivity contribution in [3.05, 3.63) is 24.3 Å². The third-order valence-electron chi connectivity index (χ3n) is 7.96. The highest BCUT2D eigenvalue weighted by atomic mass is 31.2. The summed E-state index contributed by atoms with van der Waals surface area (Å²) in [5, 5.41) is 21.7. The fraction of sp³-hybridized carbons (Fsp3) is 0.811. The number of aliphatic carboxylic acids is 1. The van der Waals surface area contributed by atoms with Gasteiger partial charge in [-0.3, -0.25) is 18.6 Å². The highest BCUT2D eigenvalue weighted by Gasteiger charge is 2.28. The number of unbranched alkanes of at least 4 members (excludes halogenated alkanes) is 17. The van der Waals surface area contributed by atoms with Crippen LogP contribution in [-0.2, 0) is 32.7 Å². The number of phosphoric acid groups is 1. The molecule has 0 heterocycles. The zero-order chi connectivity index (χ0) is 36.4. The highest BCUT2D eigenvalue weighted by Crippen LogP contribution is 2.43. The average Bonchev–Trinajstić information content (AvgIpc) is 3.07. The molecular weight excluding hydrogens is 649 g/mol. The van der Waals surface area contributed by atoms with Gasteiger partial charge in [0.05, 0.1) is 13.2 Å². The number of hydrogen-bond donors (Lipinski definition) is 4. The molecule has 0 radical (unpaired) electrons. The minimum absolute atomic E-state index is 0.136. The van der Waals surface area contributed by atoms with Gasteiger partial charge in [-0.25, -0.2) is 9.36 Å². The first-order chi connectivity index (χ1) is 23.6. The number of aliphatic hydroxyl groups excluding tert-OH is 1. The summed E-state index contributed by atoms with van der Waals surface area (Å²) in [4.78, 5) is 45.6. The van der Waals surface area contributed by atoms with Crippen LogP contribution in [0.15, 0.2) is 24.3 Å². The average molecular weight is 718 g/mol. The molecule has 0 saturated carbocycles. The molecule has 0 saturated heterocycles. The van der Waals surface area contributed by atoms with Crippen molar-refractivity contribution in [2.75, 3.05) is 19.8 Å². The van der Waals surface area contributed by atoms with Crippen LogP contribution in [-0.4, -0.2) is 64.9 Å². The maximum atomic E-state index is 12.2. The van der Waals surface area contributed by atoms with E-state index in [0.717, 1.165) is 77.0 Å². The van der Waals surface area contributed by atoms with E-state index in [4.69, 9.17) is 13.8 Å². The third kappa shape index (κ3) is 32.9. The minimum atomic E-state index is -4.75. The zero-order valence-corrected chi connectivity index (χ0v) is 31.4. The predicted molar refractivity (Wildman–Crippen MR) is 194 cm³/mol. The van der Waals surface area contributed by atoms with Crippen molar-refractivity contribution in [3.8, 4) is 0 Å². The van der Waals surface area contributed by atoms with Gasteiger partial charge in [0.25, 0.3) is 0 Å². The van der Waals surface area contributed by atoms with Crippen LogP contribution in [0.4, 0.5) is 0 Å². The number of carbonyl (C=O) groups is 3. The number of ether oxygens (including phenoxy) is 1. The second kappa shape index (κ2) is 33.1. The number of phosphoric ester groups is 1. The molecule has 0 aliphatic carbocycles. The van der Waals surface area contributed by atoms with Crippen LogP contribution in [0.1, 0.15) is 162 Å². The van der Waals surface area contributed by atoms with Gasteiger partial charge in [-0.1, -0.05) is 115 Å². The van der Waals surface area contributed by atoms with Crippen LogP contribution in [0.5, 0.6) is 0 Å². The van der Waals surface area contributed by atoms with Crippen LogP contribution < -0.4 is 5.32 Å². The molecule has 0 aliphatic rings. The molecule has 11 nitrogen and oxygen atoms in total. The lowest BCUT2D eigenvalue weighted by Crippen LogP contribution is -2.43. The predicted octanol–water partition coefficient (Wildman–Crippen LogP) is 8.72. The van der Waals surface area contributed by atoms with Gasteiger partial charge in [0, 0.05) is 12.8 Å². The highest BCUT2D eigenvalue weighted by molar-refractivity contribution is 7.47. The summed E-state index contributed by atoms with van der Waals surface area (Å²) < 4.78 is 26.7. The molecule has 0 fully saturated rings. The summed E-state index contributed by atoms with van der Waals surface area (Å²) in [5.41, 5.74) is 0. The van der Waals surface area contributed by atoms with Crippen molar-refractivity contribution in [2.45, 2.75) is 174 Å². The van der Waals surface area contributed by atoms with E-state index in [0.29, 0.717) is 12.8 Å². The number of aliphatic hydroxyl groups is 1. The van der Waals surface area contributed by atoms with Crippen molar-refractivity contribution in [3.63, 3.8) is 0 Å². The summed E-state index contributed by atoms with van der Waals surface area (Å²) in [6.45, 7) is 2.50. The van der Waals surface area contributed by atoms with Gasteiger partial charge in [0.1, 0.15) is 12.7 Å². The minimum Gasteiger partial charge on any atom is -0.480 e. The van der Waals surface area contributed by atoms with Gasteiger partial charge < -0.3 is 25.2 Å². The number of carboxylic acid groups (broad SMARTS) is 1. The Morgan fingerprint density at radius 2 is 1.08 bits per heavy atom. The Labute approximate surface area is 296 Å². The van der Waals surface area contributed by atoms with Crippen molar-refractivity contribution in [1.29, 1.82) is 0 Å². The maximum absolute atomic E-state index is 12.2. The van der Waals surface area contributed by atoms with E-state index in [1.54, 1.807) is 0 Å². The number of amides is 1. The van der Waals surface area contributed by atoms with Crippen LogP contribution in [0.25, 0.3) is 0 Å². The van der Waals surface area contributed by atoms with Gasteiger partial charge in [-0.15, -0.1) is 0 Å². The Kier molecular flexibility index (Phi) is 31.7. The molecule has 0 aromatic rings. The first-order valence-corrected chi connectivity index (χ1v) is 20.4. The lowest BCUT2D eigenvalue weighted by Gasteiger charge is -2.18. The Morgan fingerprint density at radius 1 is 0.633 bits per heavy atom. The molecular formula is C37H68NO10P. The number of nitrogens with one attached hydrogen (secondary N) is 1. The lowest BCUT2D eigenvalue weighted by atomic mass is 10.1. The Bertz CT molecular complexity index is 942. The van der Waals surface area contributed by atoms with Gasteiger partial charge in [0.15, 0.2) is 6.04 Å². The number of hydrogen-bond acceptors (Lipinski definition) is 8. The van der Waals surface area contributed by atoms with Gasteiger partial charge in [0.2, 0.25) is 5.91 Å². The van der Waals surface area contributed by atoms with E-state index < -0.39 is 57.6 Å². The molecule has 49 heavy (non-hydrogen) atoms. The van der Waals surface area contributed by atoms with E-state index in [1.807, 2.05) is 0 Å². The quantitative estimate of drug-likeness (QED) is 0.0215. The molecule has 12 heteroatoms. The van der Waals surface area contributed by atoms with Crippen molar-refractivity contribution in [2.24, 2.45) is 0 Å². The molecule has 0 spiro atoms. The lowest BCUT2D eigenvalue weighted by molar-refractivity contribution is -0.147. The Morgan fingerprint density at radius 3 is 1.61 bits per heavy atom. The molecule has 0 aromatic heterocycles. The fourth-order valence-corrected chi connectivity index (χ4v) is 5.71. The normalized spacial score (nSPS) is 14.2. The second-order valence-electron chi connectivity index (χ2n) is 12.8. The first kappa shape index (κ1) is 47.0. The standard InChI is InChI=1S/C37H68NO10P/c1-3-5-7-9-11-13-15-16-17-19-20-22-24-26-28-35(40)38-34(37(42)43)32-48-49(44,45)47-31-33(39)30-46-36(41)29-27-25-23-21-18-14-12-10-8-6-4-2/h10,12,15-16,33-34,39H,3-9,11,13-14,17-32H2,1-2H3,(H,38,40)(H,42,43)(H,44,45)/b12-10-,16-15-. The summed E-state index contributed by atoms with van der Waals surface area (Å²) in [5.74, 6) is -2.40. The number of allylic oxidation sites excluding steroid dienone is 4. The summed E-state index contributed by atoms with van der Waals surface area (Å²) in [6.07, 6.45) is 30.7. The van der Waals surface area contributed by atoms with E-state index in [2.05, 4.69) is 43.5 Å². The zero-order valence-electron chi connectivity index (χ0n) is 30.5. The summed E-state index contributed by atoms with van der Waals surface area (Å²) >= 11 is 0. The summed E-state index contributed by atoms with van der Waals surface area (Å²) in [7, 11) is -4.75. The maximum Gasteiger partial charge on any atom is 0.472 e. The molecule has 3 atom stereocenters. The molecule has 0 aromatic carbocycles. The molecule has 0 rings (SSSR count). The molecule has 3 unspecified atom stereocenters. The topological polar surface area (TPSA) is 169 Å². The van der Waals surface area contributed by atoms with Crippen LogP contribution >= 0.6 is 7.82 Å². The monoisotopic (exact) mass is 717 g/mol. The number of carbonyl (C=O) groups excluding carboxylic acids is 2.